The fraction of sp³-hybridized carbons (Fsp3) is 0.320. The highest BCUT2D eigenvalue weighted by molar-refractivity contribution is 5.88. The van der Waals surface area contributed by atoms with Crippen molar-refractivity contribution in [2.45, 2.75) is 53.9 Å². The average Bonchev–Trinajstić information content (AvgIpc) is 2.60. The number of aryl methyl sites for hydroxylation is 4. The molecule has 2 heterocycles. The minimum atomic E-state index is 0.115. The molecule has 0 radical (unpaired) electrons. The molecule has 0 amide bonds. The third-order valence-electron chi connectivity index (χ3n) is 5.43. The van der Waals surface area contributed by atoms with Crippen LogP contribution in [-0.2, 0) is 5.41 Å². The number of aromatic nitrogens is 1. The highest BCUT2D eigenvalue weighted by Crippen LogP contribution is 2.52. The molecule has 1 aromatic heterocycles. The number of anilines is 3. The van der Waals surface area contributed by atoms with Crippen molar-refractivity contribution < 1.29 is 4.74 Å². The summed E-state index contributed by atoms with van der Waals surface area (Å²) >= 11 is 0. The van der Waals surface area contributed by atoms with Gasteiger partial charge in [0.05, 0.1) is 11.4 Å². The molecule has 0 unspecified atom stereocenters. The molecular weight excluding hydrogens is 344 g/mol. The first-order chi connectivity index (χ1) is 13.2. The van der Waals surface area contributed by atoms with Crippen LogP contribution in [0.25, 0.3) is 0 Å². The molecule has 3 heteroatoms. The van der Waals surface area contributed by atoms with Gasteiger partial charge in [0.1, 0.15) is 5.69 Å². The molecule has 3 nitrogen and oxygen atoms in total. The van der Waals surface area contributed by atoms with Crippen molar-refractivity contribution in [1.29, 1.82) is 0 Å². The average molecular weight is 373 g/mol. The van der Waals surface area contributed by atoms with Crippen LogP contribution in [0, 0.1) is 27.7 Å². The number of benzene rings is 2. The number of hydrogen-bond donors (Lipinski definition) is 0. The van der Waals surface area contributed by atoms with Crippen molar-refractivity contribution in [1.82, 2.24) is 4.98 Å². The molecule has 4 rings (SSSR count). The molecule has 0 saturated heterocycles. The minimum Gasteiger partial charge on any atom is -0.435 e. The van der Waals surface area contributed by atoms with Gasteiger partial charge in [-0.05, 0) is 73.6 Å². The molecule has 3 aromatic rings. The van der Waals surface area contributed by atoms with Gasteiger partial charge < -0.3 is 9.64 Å². The molecule has 1 aliphatic rings. The van der Waals surface area contributed by atoms with Crippen LogP contribution < -0.4 is 9.64 Å². The zero-order valence-electron chi connectivity index (χ0n) is 17.8. The van der Waals surface area contributed by atoms with Gasteiger partial charge in [-0.2, -0.15) is 0 Å². The van der Waals surface area contributed by atoms with Gasteiger partial charge in [0.25, 0.3) is 0 Å². The van der Waals surface area contributed by atoms with Gasteiger partial charge in [0.2, 0.25) is 5.88 Å². The van der Waals surface area contributed by atoms with E-state index < -0.39 is 0 Å². The van der Waals surface area contributed by atoms with Gasteiger partial charge in [0, 0.05) is 5.69 Å². The van der Waals surface area contributed by atoms with Crippen molar-refractivity contribution in [2.75, 3.05) is 4.90 Å². The Kier molecular flexibility index (Phi) is 4.22. The lowest BCUT2D eigenvalue weighted by Gasteiger charge is -2.35. The first-order valence-electron chi connectivity index (χ1n) is 9.84. The lowest BCUT2D eigenvalue weighted by molar-refractivity contribution is 0.452. The quantitative estimate of drug-likeness (QED) is 0.353. The van der Waals surface area contributed by atoms with E-state index in [1.54, 1.807) is 0 Å². The van der Waals surface area contributed by atoms with Gasteiger partial charge in [-0.3, -0.25) is 0 Å². The lowest BCUT2D eigenvalue weighted by atomic mass is 9.84. The Hall–Kier alpha value is -2.81. The van der Waals surface area contributed by atoms with Gasteiger partial charge in [-0.1, -0.05) is 45.0 Å². The number of nitrogens with zero attached hydrogens (tertiary/aromatic N) is 2. The zero-order chi connectivity index (χ0) is 20.2. The summed E-state index contributed by atoms with van der Waals surface area (Å²) in [7, 11) is 0. The zero-order valence-corrected chi connectivity index (χ0v) is 17.8. The second-order valence-corrected chi connectivity index (χ2v) is 8.85. The van der Waals surface area contributed by atoms with E-state index in [0.717, 1.165) is 28.4 Å². The molecular formula is C25H28N2O. The first kappa shape index (κ1) is 18.5. The van der Waals surface area contributed by atoms with E-state index in [1.165, 1.54) is 22.4 Å². The lowest BCUT2D eigenvalue weighted by Crippen LogP contribution is -2.20. The Morgan fingerprint density at radius 2 is 1.50 bits per heavy atom. The third-order valence-corrected chi connectivity index (χ3v) is 5.43. The van der Waals surface area contributed by atoms with Gasteiger partial charge in [-0.25, -0.2) is 4.98 Å². The van der Waals surface area contributed by atoms with E-state index in [2.05, 4.69) is 87.8 Å². The van der Waals surface area contributed by atoms with Gasteiger partial charge in [-0.15, -0.1) is 0 Å². The summed E-state index contributed by atoms with van der Waals surface area (Å²) in [4.78, 5) is 6.99. The Balaban J connectivity index is 2.00. The second kappa shape index (κ2) is 6.37. The SMILES string of the molecule is Cc1ccc2c(n1)Oc1c(C)cccc1N2c1c(C)cc(C(C)(C)C)cc1C. The maximum absolute atomic E-state index is 6.25. The number of rotatable bonds is 1. The second-order valence-electron chi connectivity index (χ2n) is 8.85. The van der Waals surface area contributed by atoms with E-state index in [0.29, 0.717) is 5.88 Å². The molecule has 0 spiro atoms. The van der Waals surface area contributed by atoms with Crippen LogP contribution in [-0.4, -0.2) is 4.98 Å². The van der Waals surface area contributed by atoms with Gasteiger partial charge in [0.15, 0.2) is 5.75 Å². The normalized spacial score (nSPS) is 13.0. The predicted octanol–water partition coefficient (Wildman–Crippen LogP) is 7.19. The Morgan fingerprint density at radius 1 is 0.821 bits per heavy atom. The topological polar surface area (TPSA) is 25.4 Å². The Bertz CT molecular complexity index is 1050. The Morgan fingerprint density at radius 3 is 2.14 bits per heavy atom. The molecule has 0 atom stereocenters. The molecule has 144 valence electrons. The maximum atomic E-state index is 6.25. The highest BCUT2D eigenvalue weighted by atomic mass is 16.5. The smallest absolute Gasteiger partial charge is 0.244 e. The van der Waals surface area contributed by atoms with Gasteiger partial charge >= 0.3 is 0 Å². The van der Waals surface area contributed by atoms with Crippen LogP contribution >= 0.6 is 0 Å². The predicted molar refractivity (Wildman–Crippen MR) is 117 cm³/mol. The van der Waals surface area contributed by atoms with E-state index in [-0.39, 0.29) is 5.41 Å². The summed E-state index contributed by atoms with van der Waals surface area (Å²) in [6, 6.07) is 15.1. The molecule has 0 bridgehead atoms. The third kappa shape index (κ3) is 2.95. The van der Waals surface area contributed by atoms with Crippen LogP contribution in [0.1, 0.15) is 48.7 Å². The summed E-state index contributed by atoms with van der Waals surface area (Å²) in [5.74, 6) is 1.55. The van der Waals surface area contributed by atoms with Crippen molar-refractivity contribution in [3.63, 3.8) is 0 Å². The van der Waals surface area contributed by atoms with Crippen LogP contribution in [0.2, 0.25) is 0 Å². The van der Waals surface area contributed by atoms with Crippen molar-refractivity contribution in [2.24, 2.45) is 0 Å². The fourth-order valence-electron chi connectivity index (χ4n) is 3.93. The first-order valence-corrected chi connectivity index (χ1v) is 9.84. The Labute approximate surface area is 168 Å². The molecule has 0 aliphatic carbocycles. The largest absolute Gasteiger partial charge is 0.435 e. The number of para-hydroxylation sites is 1. The summed E-state index contributed by atoms with van der Waals surface area (Å²) < 4.78 is 6.25. The monoisotopic (exact) mass is 372 g/mol. The fourth-order valence-corrected chi connectivity index (χ4v) is 3.93. The molecule has 0 N–H and O–H groups in total. The minimum absolute atomic E-state index is 0.115. The number of pyridine rings is 1. The number of ether oxygens (including phenoxy) is 1. The van der Waals surface area contributed by atoms with Crippen LogP contribution in [0.5, 0.6) is 11.6 Å². The number of hydrogen-bond acceptors (Lipinski definition) is 3. The van der Waals surface area contributed by atoms with E-state index in [9.17, 15) is 0 Å². The van der Waals surface area contributed by atoms with Crippen LogP contribution in [0.3, 0.4) is 0 Å². The van der Waals surface area contributed by atoms with Crippen molar-refractivity contribution in [3.05, 3.63) is 70.4 Å². The summed E-state index contributed by atoms with van der Waals surface area (Å²) in [5.41, 5.74) is 9.29. The van der Waals surface area contributed by atoms with Crippen LogP contribution in [0.15, 0.2) is 42.5 Å². The number of fused-ring (bicyclic) bond motifs is 2. The molecule has 28 heavy (non-hydrogen) atoms. The highest BCUT2D eigenvalue weighted by Gasteiger charge is 2.30. The molecule has 1 aliphatic heterocycles. The van der Waals surface area contributed by atoms with Crippen molar-refractivity contribution in [3.8, 4) is 11.6 Å². The molecule has 0 saturated carbocycles. The van der Waals surface area contributed by atoms with Crippen molar-refractivity contribution >= 4 is 17.1 Å². The molecule has 0 fully saturated rings. The standard InChI is InChI=1S/C25H28N2O/c1-15-9-8-10-20-23(15)28-24-21(12-11-18(4)26-24)27(20)22-16(2)13-19(14-17(22)3)25(5,6)7/h8-14H,1-7H3. The maximum Gasteiger partial charge on any atom is 0.244 e. The van der Waals surface area contributed by atoms with E-state index >= 15 is 0 Å². The molecule has 2 aromatic carbocycles. The summed E-state index contributed by atoms with van der Waals surface area (Å²) in [5, 5.41) is 0. The van der Waals surface area contributed by atoms with Crippen LogP contribution in [0.4, 0.5) is 17.1 Å². The summed E-state index contributed by atoms with van der Waals surface area (Å²) in [6.07, 6.45) is 0. The van der Waals surface area contributed by atoms with E-state index in [4.69, 9.17) is 4.74 Å². The van der Waals surface area contributed by atoms with E-state index in [1.807, 2.05) is 13.0 Å². The summed E-state index contributed by atoms with van der Waals surface area (Å²) in [6.45, 7) is 15.3.